The molecule has 0 radical (unpaired) electrons. The van der Waals surface area contributed by atoms with Crippen molar-refractivity contribution in [1.29, 1.82) is 0 Å². The number of nitrogens with zero attached hydrogens (tertiary/aromatic N) is 1. The van der Waals surface area contributed by atoms with Crippen LogP contribution in [-0.2, 0) is 13.0 Å². The molecule has 1 aromatic rings. The highest BCUT2D eigenvalue weighted by Gasteiger charge is 2.16. The maximum absolute atomic E-state index is 3.68. The number of fused-ring (bicyclic) bond motifs is 1. The minimum atomic E-state index is 0.730. The molecule has 1 N–H and O–H groups in total. The minimum Gasteiger partial charge on any atom is -0.374 e. The summed E-state index contributed by atoms with van der Waals surface area (Å²) in [4.78, 5) is 2.38. The number of anilines is 1. The van der Waals surface area contributed by atoms with E-state index >= 15 is 0 Å². The fourth-order valence-corrected chi connectivity index (χ4v) is 4.09. The Labute approximate surface area is 114 Å². The molecule has 98 valence electrons. The van der Waals surface area contributed by atoms with Crippen molar-refractivity contribution in [3.8, 4) is 0 Å². The zero-order valence-corrected chi connectivity index (χ0v) is 11.9. The van der Waals surface area contributed by atoms with Crippen LogP contribution in [-0.4, -0.2) is 31.1 Å². The summed E-state index contributed by atoms with van der Waals surface area (Å²) in [5.74, 6) is 2.61. The van der Waals surface area contributed by atoms with Gasteiger partial charge in [-0.15, -0.1) is 0 Å². The largest absolute Gasteiger partial charge is 0.374 e. The van der Waals surface area contributed by atoms with Gasteiger partial charge in [-0.2, -0.15) is 11.8 Å². The number of thioether (sulfide) groups is 1. The van der Waals surface area contributed by atoms with Crippen molar-refractivity contribution in [3.63, 3.8) is 0 Å². The molecule has 0 spiro atoms. The van der Waals surface area contributed by atoms with E-state index < -0.39 is 0 Å². The Morgan fingerprint density at radius 3 is 3.22 bits per heavy atom. The van der Waals surface area contributed by atoms with Gasteiger partial charge in [0, 0.05) is 37.6 Å². The van der Waals surface area contributed by atoms with Crippen LogP contribution in [0.3, 0.4) is 0 Å². The maximum atomic E-state index is 3.68. The summed E-state index contributed by atoms with van der Waals surface area (Å²) in [6.45, 7) is 2.23. The molecule has 2 nitrogen and oxygen atoms in total. The number of aryl methyl sites for hydroxylation is 1. The molecule has 1 saturated heterocycles. The molecular formula is C15H22N2S. The van der Waals surface area contributed by atoms with Crippen molar-refractivity contribution in [1.82, 2.24) is 5.32 Å². The minimum absolute atomic E-state index is 0.730. The van der Waals surface area contributed by atoms with Crippen LogP contribution < -0.4 is 10.2 Å². The van der Waals surface area contributed by atoms with E-state index in [4.69, 9.17) is 0 Å². The van der Waals surface area contributed by atoms with Gasteiger partial charge in [0.1, 0.15) is 0 Å². The van der Waals surface area contributed by atoms with Crippen molar-refractivity contribution in [3.05, 3.63) is 29.3 Å². The summed E-state index contributed by atoms with van der Waals surface area (Å²) >= 11 is 2.07. The van der Waals surface area contributed by atoms with Crippen LogP contribution in [0.5, 0.6) is 0 Å². The van der Waals surface area contributed by atoms with Gasteiger partial charge >= 0.3 is 0 Å². The fourth-order valence-electron chi connectivity index (χ4n) is 2.91. The second kappa shape index (κ2) is 5.54. The Hall–Kier alpha value is -0.670. The van der Waals surface area contributed by atoms with Crippen LogP contribution in [0.15, 0.2) is 18.2 Å². The molecule has 3 heteroatoms. The topological polar surface area (TPSA) is 15.3 Å². The van der Waals surface area contributed by atoms with Gasteiger partial charge in [-0.1, -0.05) is 12.1 Å². The van der Waals surface area contributed by atoms with Crippen LogP contribution in [0.25, 0.3) is 0 Å². The number of hydrogen-bond acceptors (Lipinski definition) is 3. The number of nitrogens with one attached hydrogen (secondary N) is 1. The van der Waals surface area contributed by atoms with Gasteiger partial charge in [-0.3, -0.25) is 0 Å². The molecule has 0 aromatic heterocycles. The van der Waals surface area contributed by atoms with E-state index in [-0.39, 0.29) is 0 Å². The lowest BCUT2D eigenvalue weighted by Gasteiger charge is -2.28. The molecule has 0 aliphatic carbocycles. The molecule has 2 aliphatic heterocycles. The zero-order valence-electron chi connectivity index (χ0n) is 11.1. The Morgan fingerprint density at radius 2 is 2.39 bits per heavy atom. The summed E-state index contributed by atoms with van der Waals surface area (Å²) < 4.78 is 0. The van der Waals surface area contributed by atoms with Gasteiger partial charge in [0.25, 0.3) is 0 Å². The van der Waals surface area contributed by atoms with E-state index in [0.717, 1.165) is 12.6 Å². The molecule has 1 unspecified atom stereocenters. The lowest BCUT2D eigenvalue weighted by atomic mass is 9.99. The third kappa shape index (κ3) is 2.67. The average Bonchev–Trinajstić information content (AvgIpc) is 2.90. The average molecular weight is 262 g/mol. The molecular weight excluding hydrogens is 240 g/mol. The predicted molar refractivity (Wildman–Crippen MR) is 80.6 cm³/mol. The van der Waals surface area contributed by atoms with Gasteiger partial charge in [-0.25, -0.2) is 0 Å². The maximum Gasteiger partial charge on any atom is 0.0396 e. The first-order valence-electron chi connectivity index (χ1n) is 6.97. The van der Waals surface area contributed by atoms with E-state index in [2.05, 4.69) is 47.2 Å². The molecule has 1 fully saturated rings. The molecule has 2 aliphatic rings. The van der Waals surface area contributed by atoms with Crippen LogP contribution in [0, 0.1) is 0 Å². The molecule has 0 saturated carbocycles. The Balaban J connectivity index is 1.66. The van der Waals surface area contributed by atoms with E-state index in [1.165, 1.54) is 54.1 Å². The second-order valence-corrected chi connectivity index (χ2v) is 6.58. The first kappa shape index (κ1) is 12.4. The van der Waals surface area contributed by atoms with Crippen molar-refractivity contribution in [2.24, 2.45) is 0 Å². The zero-order chi connectivity index (χ0) is 12.4. The van der Waals surface area contributed by atoms with Gasteiger partial charge < -0.3 is 10.2 Å². The van der Waals surface area contributed by atoms with Crippen LogP contribution >= 0.6 is 11.8 Å². The monoisotopic (exact) mass is 262 g/mol. The van der Waals surface area contributed by atoms with Gasteiger partial charge in [0.15, 0.2) is 0 Å². The first-order valence-corrected chi connectivity index (χ1v) is 8.12. The van der Waals surface area contributed by atoms with E-state index in [0.29, 0.717) is 0 Å². The van der Waals surface area contributed by atoms with Crippen LogP contribution in [0.4, 0.5) is 5.69 Å². The summed E-state index contributed by atoms with van der Waals surface area (Å²) in [5.41, 5.74) is 4.41. The van der Waals surface area contributed by atoms with Crippen LogP contribution in [0.2, 0.25) is 0 Å². The number of benzene rings is 1. The lowest BCUT2D eigenvalue weighted by molar-refractivity contribution is 0.557. The number of rotatable bonds is 3. The fraction of sp³-hybridized carbons (Fsp3) is 0.600. The van der Waals surface area contributed by atoms with E-state index in [1.807, 2.05) is 0 Å². The third-order valence-electron chi connectivity index (χ3n) is 4.02. The Kier molecular flexibility index (Phi) is 3.80. The first-order chi connectivity index (χ1) is 8.83. The molecule has 3 rings (SSSR count). The standard InChI is InChI=1S/C15H22N2S/c1-17-7-2-3-13-9-12(4-5-15(13)17)10-16-14-6-8-18-11-14/h4-5,9,14,16H,2-3,6-8,10-11H2,1H3. The SMILES string of the molecule is CN1CCCc2cc(CNC3CCSC3)ccc21. The smallest absolute Gasteiger partial charge is 0.0396 e. The predicted octanol–water partition coefficient (Wildman–Crippen LogP) is 2.66. The number of hydrogen-bond donors (Lipinski definition) is 1. The quantitative estimate of drug-likeness (QED) is 0.901. The normalized spacial score (nSPS) is 23.2. The highest BCUT2D eigenvalue weighted by atomic mass is 32.2. The van der Waals surface area contributed by atoms with Gasteiger partial charge in [0.05, 0.1) is 0 Å². The summed E-state index contributed by atoms with van der Waals surface area (Å²) in [5, 5.41) is 3.68. The Bertz CT molecular complexity index is 413. The summed E-state index contributed by atoms with van der Waals surface area (Å²) in [7, 11) is 2.20. The van der Waals surface area contributed by atoms with Crippen molar-refractivity contribution >= 4 is 17.4 Å². The van der Waals surface area contributed by atoms with Crippen molar-refractivity contribution in [2.75, 3.05) is 30.0 Å². The summed E-state index contributed by atoms with van der Waals surface area (Å²) in [6.07, 6.45) is 3.87. The van der Waals surface area contributed by atoms with Gasteiger partial charge in [0.2, 0.25) is 0 Å². The third-order valence-corrected chi connectivity index (χ3v) is 5.18. The highest BCUT2D eigenvalue weighted by Crippen LogP contribution is 2.27. The second-order valence-electron chi connectivity index (χ2n) is 5.43. The summed E-state index contributed by atoms with van der Waals surface area (Å²) in [6, 6.07) is 7.72. The van der Waals surface area contributed by atoms with E-state index in [1.54, 1.807) is 0 Å². The molecule has 18 heavy (non-hydrogen) atoms. The molecule has 0 bridgehead atoms. The van der Waals surface area contributed by atoms with E-state index in [9.17, 15) is 0 Å². The van der Waals surface area contributed by atoms with Crippen molar-refractivity contribution in [2.45, 2.75) is 31.8 Å². The van der Waals surface area contributed by atoms with Crippen LogP contribution in [0.1, 0.15) is 24.0 Å². The molecule has 1 atom stereocenters. The lowest BCUT2D eigenvalue weighted by Crippen LogP contribution is -2.28. The Morgan fingerprint density at radius 1 is 1.44 bits per heavy atom. The van der Waals surface area contributed by atoms with Crippen molar-refractivity contribution < 1.29 is 0 Å². The molecule has 0 amide bonds. The van der Waals surface area contributed by atoms with Gasteiger partial charge in [-0.05, 0) is 42.2 Å². The molecule has 1 aromatic carbocycles. The molecule has 2 heterocycles. The highest BCUT2D eigenvalue weighted by molar-refractivity contribution is 7.99.